The molecule has 102 valence electrons. The van der Waals surface area contributed by atoms with Gasteiger partial charge in [-0.25, -0.2) is 9.59 Å². The highest BCUT2D eigenvalue weighted by Gasteiger charge is 2.26. The molecule has 0 saturated carbocycles. The molecule has 1 aliphatic rings. The number of esters is 1. The minimum atomic E-state index is -1.00. The Morgan fingerprint density at radius 1 is 1.26 bits per heavy atom. The summed E-state index contributed by atoms with van der Waals surface area (Å²) in [6, 6.07) is 4.77. The third kappa shape index (κ3) is 2.76. The fourth-order valence-electron chi connectivity index (χ4n) is 2.59. The summed E-state index contributed by atoms with van der Waals surface area (Å²) in [5.41, 5.74) is 1.19. The van der Waals surface area contributed by atoms with Crippen molar-refractivity contribution in [3.63, 3.8) is 0 Å². The Kier molecular flexibility index (Phi) is 4.16. The van der Waals surface area contributed by atoms with Crippen molar-refractivity contribution in [2.24, 2.45) is 0 Å². The average molecular weight is 263 g/mol. The van der Waals surface area contributed by atoms with E-state index >= 15 is 0 Å². The molecule has 0 radical (unpaired) electrons. The number of carbonyl (C=O) groups excluding carboxylic acids is 1. The molecule has 0 bridgehead atoms. The Morgan fingerprint density at radius 3 is 2.47 bits per heavy atom. The van der Waals surface area contributed by atoms with Crippen LogP contribution in [0.2, 0.25) is 0 Å². The molecule has 0 spiro atoms. The molecule has 1 fully saturated rings. The van der Waals surface area contributed by atoms with Gasteiger partial charge in [0.05, 0.1) is 18.2 Å². The summed E-state index contributed by atoms with van der Waals surface area (Å²) in [6.45, 7) is 1.67. The second kappa shape index (κ2) is 5.84. The molecule has 5 heteroatoms. The van der Waals surface area contributed by atoms with Crippen LogP contribution in [0.4, 0.5) is 0 Å². The van der Waals surface area contributed by atoms with E-state index in [0.29, 0.717) is 11.1 Å². The van der Waals surface area contributed by atoms with Crippen molar-refractivity contribution < 1.29 is 19.4 Å². The van der Waals surface area contributed by atoms with Crippen molar-refractivity contribution >= 4 is 11.9 Å². The summed E-state index contributed by atoms with van der Waals surface area (Å²) >= 11 is 0. The normalized spacial score (nSPS) is 16.1. The van der Waals surface area contributed by atoms with Crippen LogP contribution in [0.3, 0.4) is 0 Å². The standard InChI is InChI=1S/C14H17NO4/c1-19-14(18)11-4-2-3-10(13(16)17)12(11)9-5-7-15-8-6-9/h2-4,9,15H,5-8H2,1H3,(H,16,17). The molecule has 1 aliphatic heterocycles. The Hall–Kier alpha value is -1.88. The second-order valence-electron chi connectivity index (χ2n) is 4.59. The van der Waals surface area contributed by atoms with E-state index < -0.39 is 11.9 Å². The van der Waals surface area contributed by atoms with Crippen LogP contribution in [0.25, 0.3) is 0 Å². The molecule has 1 heterocycles. The lowest BCUT2D eigenvalue weighted by molar-refractivity contribution is 0.0598. The molecule has 0 atom stereocenters. The first-order valence-corrected chi connectivity index (χ1v) is 6.30. The van der Waals surface area contributed by atoms with Crippen LogP contribution in [-0.4, -0.2) is 37.2 Å². The van der Waals surface area contributed by atoms with Crippen LogP contribution in [0.5, 0.6) is 0 Å². The molecular formula is C14H17NO4. The molecule has 1 aromatic carbocycles. The van der Waals surface area contributed by atoms with Crippen LogP contribution < -0.4 is 5.32 Å². The van der Waals surface area contributed by atoms with Crippen LogP contribution >= 0.6 is 0 Å². The van der Waals surface area contributed by atoms with E-state index in [4.69, 9.17) is 4.74 Å². The number of carboxylic acids is 1. The highest BCUT2D eigenvalue weighted by molar-refractivity contribution is 5.97. The Balaban J connectivity index is 2.51. The van der Waals surface area contributed by atoms with E-state index in [1.807, 2.05) is 0 Å². The average Bonchev–Trinajstić information content (AvgIpc) is 2.46. The van der Waals surface area contributed by atoms with E-state index in [0.717, 1.165) is 25.9 Å². The number of piperidine rings is 1. The number of rotatable bonds is 3. The number of ether oxygens (including phenoxy) is 1. The number of hydrogen-bond acceptors (Lipinski definition) is 4. The zero-order valence-corrected chi connectivity index (χ0v) is 10.8. The monoisotopic (exact) mass is 263 g/mol. The molecule has 0 aliphatic carbocycles. The van der Waals surface area contributed by atoms with Gasteiger partial charge in [0.1, 0.15) is 0 Å². The fraction of sp³-hybridized carbons (Fsp3) is 0.429. The van der Waals surface area contributed by atoms with Crippen LogP contribution in [0, 0.1) is 0 Å². The van der Waals surface area contributed by atoms with Gasteiger partial charge in [-0.1, -0.05) is 6.07 Å². The van der Waals surface area contributed by atoms with Crippen LogP contribution in [0.1, 0.15) is 45.0 Å². The first kappa shape index (κ1) is 13.5. The number of hydrogen-bond donors (Lipinski definition) is 2. The van der Waals surface area contributed by atoms with Crippen LogP contribution in [-0.2, 0) is 4.74 Å². The van der Waals surface area contributed by atoms with Crippen molar-refractivity contribution in [3.05, 3.63) is 34.9 Å². The second-order valence-corrected chi connectivity index (χ2v) is 4.59. The molecule has 19 heavy (non-hydrogen) atoms. The summed E-state index contributed by atoms with van der Waals surface area (Å²) in [7, 11) is 1.31. The van der Waals surface area contributed by atoms with Crippen molar-refractivity contribution in [2.45, 2.75) is 18.8 Å². The van der Waals surface area contributed by atoms with Gasteiger partial charge in [0.25, 0.3) is 0 Å². The lowest BCUT2D eigenvalue weighted by Crippen LogP contribution is -2.28. The topological polar surface area (TPSA) is 75.6 Å². The third-order valence-electron chi connectivity index (χ3n) is 3.49. The largest absolute Gasteiger partial charge is 0.478 e. The molecule has 5 nitrogen and oxygen atoms in total. The van der Waals surface area contributed by atoms with Gasteiger partial charge in [-0.2, -0.15) is 0 Å². The first-order chi connectivity index (χ1) is 9.15. The Bertz CT molecular complexity index is 492. The highest BCUT2D eigenvalue weighted by atomic mass is 16.5. The van der Waals surface area contributed by atoms with Crippen LogP contribution in [0.15, 0.2) is 18.2 Å². The minimum absolute atomic E-state index is 0.0858. The highest BCUT2D eigenvalue weighted by Crippen LogP contribution is 2.31. The van der Waals surface area contributed by atoms with E-state index in [9.17, 15) is 14.7 Å². The first-order valence-electron chi connectivity index (χ1n) is 6.30. The molecule has 0 unspecified atom stereocenters. The zero-order chi connectivity index (χ0) is 13.8. The number of aromatic carboxylic acids is 1. The summed E-state index contributed by atoms with van der Waals surface area (Å²) in [4.78, 5) is 23.2. The SMILES string of the molecule is COC(=O)c1cccc(C(=O)O)c1C1CCNCC1. The number of benzene rings is 1. The van der Waals surface area contributed by atoms with Gasteiger partial charge in [0.15, 0.2) is 0 Å². The van der Waals surface area contributed by atoms with E-state index in [-0.39, 0.29) is 11.5 Å². The van der Waals surface area contributed by atoms with Crippen molar-refractivity contribution in [1.82, 2.24) is 5.32 Å². The smallest absolute Gasteiger partial charge is 0.338 e. The summed E-state index contributed by atoms with van der Waals surface area (Å²) < 4.78 is 4.75. The van der Waals surface area contributed by atoms with Crippen molar-refractivity contribution in [3.8, 4) is 0 Å². The molecule has 2 rings (SSSR count). The maximum Gasteiger partial charge on any atom is 0.338 e. The molecule has 0 amide bonds. The fourth-order valence-corrected chi connectivity index (χ4v) is 2.59. The molecule has 2 N–H and O–H groups in total. The van der Waals surface area contributed by atoms with Gasteiger partial charge in [-0.15, -0.1) is 0 Å². The number of nitrogens with one attached hydrogen (secondary N) is 1. The van der Waals surface area contributed by atoms with Gasteiger partial charge < -0.3 is 15.2 Å². The Labute approximate surface area is 111 Å². The van der Waals surface area contributed by atoms with E-state index in [2.05, 4.69) is 5.32 Å². The third-order valence-corrected chi connectivity index (χ3v) is 3.49. The minimum Gasteiger partial charge on any atom is -0.478 e. The van der Waals surface area contributed by atoms with Crippen molar-refractivity contribution in [1.29, 1.82) is 0 Å². The lowest BCUT2D eigenvalue weighted by Gasteiger charge is -2.25. The Morgan fingerprint density at radius 2 is 1.89 bits per heavy atom. The van der Waals surface area contributed by atoms with Gasteiger partial charge >= 0.3 is 11.9 Å². The van der Waals surface area contributed by atoms with Gasteiger partial charge in [-0.05, 0) is 49.5 Å². The van der Waals surface area contributed by atoms with E-state index in [1.54, 1.807) is 18.2 Å². The molecule has 1 aromatic rings. The maximum absolute atomic E-state index is 11.8. The predicted molar refractivity (Wildman–Crippen MR) is 69.6 cm³/mol. The van der Waals surface area contributed by atoms with E-state index in [1.165, 1.54) is 7.11 Å². The quantitative estimate of drug-likeness (QED) is 0.811. The summed E-state index contributed by atoms with van der Waals surface area (Å²) in [5.74, 6) is -1.39. The predicted octanol–water partition coefficient (Wildman–Crippen LogP) is 1.64. The molecular weight excluding hydrogens is 246 g/mol. The number of carbonyl (C=O) groups is 2. The number of carboxylic acid groups (broad SMARTS) is 1. The molecule has 1 saturated heterocycles. The van der Waals surface area contributed by atoms with Gasteiger partial charge in [-0.3, -0.25) is 0 Å². The van der Waals surface area contributed by atoms with Crippen molar-refractivity contribution in [2.75, 3.05) is 20.2 Å². The summed E-state index contributed by atoms with van der Waals surface area (Å²) in [5, 5.41) is 12.5. The lowest BCUT2D eigenvalue weighted by atomic mass is 9.84. The maximum atomic E-state index is 11.8. The van der Waals surface area contributed by atoms with Gasteiger partial charge in [0, 0.05) is 0 Å². The molecule has 0 aromatic heterocycles. The summed E-state index contributed by atoms with van der Waals surface area (Å²) in [6.07, 6.45) is 1.66. The number of methoxy groups -OCH3 is 1. The zero-order valence-electron chi connectivity index (χ0n) is 10.8. The van der Waals surface area contributed by atoms with Gasteiger partial charge in [0.2, 0.25) is 0 Å².